The number of hydrogen-bond acceptors (Lipinski definition) is 5. The smallest absolute Gasteiger partial charge is 0.291 e. The number of benzene rings is 2. The molecule has 1 aliphatic heterocycles. The molecule has 0 atom stereocenters. The fourth-order valence-electron chi connectivity index (χ4n) is 4.77. The van der Waals surface area contributed by atoms with Gasteiger partial charge in [-0.2, -0.15) is 0 Å². The molecule has 0 spiro atoms. The fraction of sp³-hybridized carbons (Fsp3) is 0.379. The van der Waals surface area contributed by atoms with E-state index in [0.29, 0.717) is 42.4 Å². The summed E-state index contributed by atoms with van der Waals surface area (Å²) >= 11 is 0. The van der Waals surface area contributed by atoms with Crippen molar-refractivity contribution in [1.82, 2.24) is 5.32 Å². The van der Waals surface area contributed by atoms with Crippen molar-refractivity contribution in [3.05, 3.63) is 82.8 Å². The number of aryl methyl sites for hydroxylation is 2. The van der Waals surface area contributed by atoms with Gasteiger partial charge in [0.1, 0.15) is 5.76 Å². The lowest BCUT2D eigenvalue weighted by Gasteiger charge is -2.34. The molecule has 7 nitrogen and oxygen atoms in total. The van der Waals surface area contributed by atoms with Crippen LogP contribution in [0.4, 0.5) is 11.4 Å². The predicted octanol–water partition coefficient (Wildman–Crippen LogP) is 4.69. The third-order valence-corrected chi connectivity index (χ3v) is 6.83. The van der Waals surface area contributed by atoms with Gasteiger partial charge in [-0.1, -0.05) is 24.3 Å². The maximum Gasteiger partial charge on any atom is 0.291 e. The summed E-state index contributed by atoms with van der Waals surface area (Å²) in [4.78, 5) is 28.0. The average molecular weight is 489 g/mol. The van der Waals surface area contributed by atoms with Gasteiger partial charge in [0.2, 0.25) is 0 Å². The Morgan fingerprint density at radius 1 is 1.03 bits per heavy atom. The van der Waals surface area contributed by atoms with E-state index in [1.54, 1.807) is 25.1 Å². The zero-order valence-corrected chi connectivity index (χ0v) is 21.2. The highest BCUT2D eigenvalue weighted by atomic mass is 16.3. The van der Waals surface area contributed by atoms with Crippen molar-refractivity contribution < 1.29 is 14.0 Å². The molecule has 0 unspecified atom stereocenters. The minimum atomic E-state index is -0.320. The third-order valence-electron chi connectivity index (χ3n) is 6.83. The standard InChI is InChI=1S/C29H36N4O3/c1-20-6-3-4-7-26(20)33-16-12-22(13-17-33)18-23-9-10-24(28(34)31-15-5-14-30)19-25(23)32-29(35)27-11-8-21(2)36-27/h3-4,6-11,19,22H,5,12-18,30H2,1-2H3,(H,31,34)(H,32,35). The molecule has 2 aromatic carbocycles. The highest BCUT2D eigenvalue weighted by Crippen LogP contribution is 2.30. The summed E-state index contributed by atoms with van der Waals surface area (Å²) in [6.45, 7) is 7.01. The average Bonchev–Trinajstić information content (AvgIpc) is 3.32. The molecule has 2 amide bonds. The summed E-state index contributed by atoms with van der Waals surface area (Å²) in [6, 6.07) is 17.5. The number of amides is 2. The maximum atomic E-state index is 12.9. The normalized spacial score (nSPS) is 14.0. The molecule has 1 saturated heterocycles. The second kappa shape index (κ2) is 11.9. The van der Waals surface area contributed by atoms with E-state index in [9.17, 15) is 9.59 Å². The zero-order valence-electron chi connectivity index (χ0n) is 21.2. The van der Waals surface area contributed by atoms with Crippen LogP contribution >= 0.6 is 0 Å². The second-order valence-electron chi connectivity index (χ2n) is 9.56. The number of furan rings is 1. The van der Waals surface area contributed by atoms with Crippen molar-refractivity contribution in [2.45, 2.75) is 39.5 Å². The molecule has 3 aromatic rings. The number of carbonyl (C=O) groups excluding carboxylic acids is 2. The summed E-state index contributed by atoms with van der Waals surface area (Å²) in [6.07, 6.45) is 3.69. The van der Waals surface area contributed by atoms with E-state index in [4.69, 9.17) is 10.2 Å². The van der Waals surface area contributed by atoms with E-state index >= 15 is 0 Å². The van der Waals surface area contributed by atoms with Crippen LogP contribution in [0.25, 0.3) is 0 Å². The van der Waals surface area contributed by atoms with E-state index in [-0.39, 0.29) is 17.6 Å². The Labute approximate surface area is 213 Å². The largest absolute Gasteiger partial charge is 0.456 e. The Balaban J connectivity index is 1.48. The molecule has 1 aliphatic rings. The number of para-hydroxylation sites is 1. The molecule has 0 radical (unpaired) electrons. The molecule has 4 N–H and O–H groups in total. The van der Waals surface area contributed by atoms with E-state index in [1.807, 2.05) is 12.1 Å². The quantitative estimate of drug-likeness (QED) is 0.380. The van der Waals surface area contributed by atoms with Crippen LogP contribution in [0.15, 0.2) is 59.0 Å². The van der Waals surface area contributed by atoms with Crippen LogP contribution in [0.2, 0.25) is 0 Å². The summed E-state index contributed by atoms with van der Waals surface area (Å²) in [7, 11) is 0. The zero-order chi connectivity index (χ0) is 25.5. The number of nitrogens with one attached hydrogen (secondary N) is 2. The van der Waals surface area contributed by atoms with Crippen LogP contribution in [0, 0.1) is 19.8 Å². The van der Waals surface area contributed by atoms with Crippen molar-refractivity contribution >= 4 is 23.2 Å². The number of nitrogens with zero attached hydrogens (tertiary/aromatic N) is 1. The Hall–Kier alpha value is -3.58. The Bertz CT molecular complexity index is 1190. The van der Waals surface area contributed by atoms with E-state index < -0.39 is 0 Å². The lowest BCUT2D eigenvalue weighted by Crippen LogP contribution is -2.34. The van der Waals surface area contributed by atoms with Gasteiger partial charge in [-0.05, 0) is 93.5 Å². The highest BCUT2D eigenvalue weighted by Gasteiger charge is 2.23. The first-order valence-corrected chi connectivity index (χ1v) is 12.7. The van der Waals surface area contributed by atoms with E-state index in [0.717, 1.165) is 37.9 Å². The van der Waals surface area contributed by atoms with Crippen LogP contribution in [0.1, 0.15) is 57.1 Å². The number of anilines is 2. The van der Waals surface area contributed by atoms with Gasteiger partial charge >= 0.3 is 0 Å². The topological polar surface area (TPSA) is 101 Å². The molecule has 0 bridgehead atoms. The number of carbonyl (C=O) groups is 2. The molecule has 1 fully saturated rings. The van der Waals surface area contributed by atoms with Crippen LogP contribution < -0.4 is 21.3 Å². The summed E-state index contributed by atoms with van der Waals surface area (Å²) in [5.41, 5.74) is 10.3. The minimum Gasteiger partial charge on any atom is -0.456 e. The first kappa shape index (κ1) is 25.5. The lowest BCUT2D eigenvalue weighted by atomic mass is 9.88. The Kier molecular flexibility index (Phi) is 8.44. The highest BCUT2D eigenvalue weighted by molar-refractivity contribution is 6.04. The molecule has 36 heavy (non-hydrogen) atoms. The van der Waals surface area contributed by atoms with Gasteiger partial charge in [0.05, 0.1) is 0 Å². The van der Waals surface area contributed by atoms with Crippen molar-refractivity contribution in [1.29, 1.82) is 0 Å². The Morgan fingerprint density at radius 2 is 1.81 bits per heavy atom. The number of hydrogen-bond donors (Lipinski definition) is 3. The monoisotopic (exact) mass is 488 g/mol. The summed E-state index contributed by atoms with van der Waals surface area (Å²) < 4.78 is 5.51. The molecule has 2 heterocycles. The summed E-state index contributed by atoms with van der Waals surface area (Å²) in [5, 5.41) is 5.88. The number of piperidine rings is 1. The van der Waals surface area contributed by atoms with Crippen LogP contribution in [-0.4, -0.2) is 38.0 Å². The molecule has 0 aliphatic carbocycles. The Morgan fingerprint density at radius 3 is 2.50 bits per heavy atom. The van der Waals surface area contributed by atoms with E-state index in [2.05, 4.69) is 46.7 Å². The second-order valence-corrected chi connectivity index (χ2v) is 9.56. The van der Waals surface area contributed by atoms with E-state index in [1.165, 1.54) is 11.3 Å². The van der Waals surface area contributed by atoms with Gasteiger partial charge in [-0.25, -0.2) is 0 Å². The molecule has 4 rings (SSSR count). The minimum absolute atomic E-state index is 0.175. The first-order chi connectivity index (χ1) is 17.4. The van der Waals surface area contributed by atoms with Gasteiger partial charge in [0.15, 0.2) is 5.76 Å². The molecule has 190 valence electrons. The lowest BCUT2D eigenvalue weighted by molar-refractivity contribution is 0.0951. The first-order valence-electron chi connectivity index (χ1n) is 12.7. The molecule has 1 aromatic heterocycles. The van der Waals surface area contributed by atoms with Crippen molar-refractivity contribution in [2.24, 2.45) is 11.7 Å². The summed E-state index contributed by atoms with van der Waals surface area (Å²) in [5.74, 6) is 0.929. The van der Waals surface area contributed by atoms with Gasteiger partial charge < -0.3 is 25.7 Å². The van der Waals surface area contributed by atoms with Crippen LogP contribution in [0.3, 0.4) is 0 Å². The number of rotatable bonds is 9. The van der Waals surface area contributed by atoms with Gasteiger partial charge in [-0.3, -0.25) is 9.59 Å². The molecular formula is C29H36N4O3. The van der Waals surface area contributed by atoms with Crippen molar-refractivity contribution in [3.63, 3.8) is 0 Å². The van der Waals surface area contributed by atoms with Gasteiger partial charge in [-0.15, -0.1) is 0 Å². The SMILES string of the molecule is Cc1ccc(C(=O)Nc2cc(C(=O)NCCCN)ccc2CC2CCN(c3ccccc3C)CC2)o1. The van der Waals surface area contributed by atoms with Crippen LogP contribution in [-0.2, 0) is 6.42 Å². The van der Waals surface area contributed by atoms with Crippen molar-refractivity contribution in [3.8, 4) is 0 Å². The third kappa shape index (κ3) is 6.34. The van der Waals surface area contributed by atoms with Crippen LogP contribution in [0.5, 0.6) is 0 Å². The molecule has 7 heteroatoms. The molecule has 0 saturated carbocycles. The molecular weight excluding hydrogens is 452 g/mol. The van der Waals surface area contributed by atoms with Gasteiger partial charge in [0.25, 0.3) is 11.8 Å². The maximum absolute atomic E-state index is 12.9. The fourth-order valence-corrected chi connectivity index (χ4v) is 4.77. The van der Waals surface area contributed by atoms with Crippen molar-refractivity contribution in [2.75, 3.05) is 36.4 Å². The predicted molar refractivity (Wildman–Crippen MR) is 144 cm³/mol. The number of nitrogens with two attached hydrogens (primary N) is 1. The van der Waals surface area contributed by atoms with Gasteiger partial charge in [0, 0.05) is 36.6 Å².